The predicted molar refractivity (Wildman–Crippen MR) is 88.0 cm³/mol. The lowest BCUT2D eigenvalue weighted by Crippen LogP contribution is -1.90. The second-order valence-corrected chi connectivity index (χ2v) is 5.52. The monoisotopic (exact) mass is 302 g/mol. The van der Waals surface area contributed by atoms with Gasteiger partial charge in [-0.15, -0.1) is 11.3 Å². The number of benzene rings is 2. The van der Waals surface area contributed by atoms with Gasteiger partial charge in [0, 0.05) is 17.5 Å². The van der Waals surface area contributed by atoms with Gasteiger partial charge in [0.25, 0.3) is 0 Å². The molecule has 0 aliphatic heterocycles. The zero-order chi connectivity index (χ0) is 15.4. The van der Waals surface area contributed by atoms with E-state index in [1.54, 1.807) is 11.3 Å². The summed E-state index contributed by atoms with van der Waals surface area (Å²) >= 11 is 1.63. The highest BCUT2D eigenvalue weighted by molar-refractivity contribution is 7.21. The van der Waals surface area contributed by atoms with Crippen molar-refractivity contribution in [2.24, 2.45) is 0 Å². The number of nitrogens with one attached hydrogen (secondary N) is 1. The molecule has 22 heavy (non-hydrogen) atoms. The zero-order valence-electron chi connectivity index (χ0n) is 11.4. The second kappa shape index (κ2) is 6.09. The van der Waals surface area contributed by atoms with Crippen LogP contribution in [0.3, 0.4) is 0 Å². The molecule has 4 nitrogen and oxygen atoms in total. The van der Waals surface area contributed by atoms with E-state index in [1.165, 1.54) is 6.20 Å². The van der Waals surface area contributed by atoms with Gasteiger partial charge in [0.05, 0.1) is 10.2 Å². The number of rotatable bonds is 3. The van der Waals surface area contributed by atoms with Crippen LogP contribution in [0.4, 0.5) is 5.69 Å². The fourth-order valence-corrected chi connectivity index (χ4v) is 2.94. The number of aromatic nitrogens is 1. The first-order chi connectivity index (χ1) is 10.8. The summed E-state index contributed by atoms with van der Waals surface area (Å²) in [5.41, 5.74) is 2.82. The van der Waals surface area contributed by atoms with Gasteiger partial charge < -0.3 is 5.32 Å². The van der Waals surface area contributed by atoms with Crippen LogP contribution < -0.4 is 5.32 Å². The van der Waals surface area contributed by atoms with Gasteiger partial charge in [0.15, 0.2) is 0 Å². The summed E-state index contributed by atoms with van der Waals surface area (Å²) in [6.07, 6.45) is 1.40. The molecule has 1 heterocycles. The van der Waals surface area contributed by atoms with E-state index in [9.17, 15) is 0 Å². The van der Waals surface area contributed by atoms with E-state index in [1.807, 2.05) is 60.7 Å². The highest BCUT2D eigenvalue weighted by Crippen LogP contribution is 2.31. The van der Waals surface area contributed by atoms with Crippen molar-refractivity contribution in [3.63, 3.8) is 0 Å². The Morgan fingerprint density at radius 1 is 1.09 bits per heavy atom. The summed E-state index contributed by atoms with van der Waals surface area (Å²) in [7, 11) is 0. The van der Waals surface area contributed by atoms with Gasteiger partial charge in [-0.2, -0.15) is 10.5 Å². The lowest BCUT2D eigenvalue weighted by atomic mass is 10.2. The molecule has 0 saturated heterocycles. The van der Waals surface area contributed by atoms with E-state index in [0.717, 1.165) is 26.5 Å². The van der Waals surface area contributed by atoms with Gasteiger partial charge >= 0.3 is 0 Å². The third kappa shape index (κ3) is 2.80. The normalized spacial score (nSPS) is 9.73. The van der Waals surface area contributed by atoms with Crippen molar-refractivity contribution in [3.8, 4) is 22.7 Å². The molecule has 1 aromatic heterocycles. The van der Waals surface area contributed by atoms with Gasteiger partial charge in [-0.1, -0.05) is 24.3 Å². The molecule has 0 bridgehead atoms. The maximum absolute atomic E-state index is 8.73. The van der Waals surface area contributed by atoms with Crippen LogP contribution in [-0.2, 0) is 0 Å². The smallest absolute Gasteiger partial charge is 0.145 e. The van der Waals surface area contributed by atoms with E-state index in [0.29, 0.717) is 0 Å². The molecule has 0 aliphatic carbocycles. The largest absolute Gasteiger partial charge is 0.360 e. The minimum Gasteiger partial charge on any atom is -0.360 e. The fourth-order valence-electron chi connectivity index (χ4n) is 1.98. The average Bonchev–Trinajstić information content (AvgIpc) is 3.00. The Kier molecular flexibility index (Phi) is 3.82. The maximum Gasteiger partial charge on any atom is 0.145 e. The third-order valence-electron chi connectivity index (χ3n) is 3.03. The molecule has 0 radical (unpaired) electrons. The Morgan fingerprint density at radius 2 is 1.91 bits per heavy atom. The van der Waals surface area contributed by atoms with Crippen LogP contribution in [0.25, 0.3) is 20.8 Å². The third-order valence-corrected chi connectivity index (χ3v) is 4.11. The number of hydrogen-bond donors (Lipinski definition) is 1. The maximum atomic E-state index is 8.73. The molecule has 3 aromatic rings. The molecule has 0 spiro atoms. The highest BCUT2D eigenvalue weighted by atomic mass is 32.1. The van der Waals surface area contributed by atoms with Crippen LogP contribution in [-0.4, -0.2) is 4.98 Å². The minimum absolute atomic E-state index is 0.0328. The molecule has 0 saturated carbocycles. The second-order valence-electron chi connectivity index (χ2n) is 4.49. The molecule has 1 N–H and O–H groups in total. The van der Waals surface area contributed by atoms with Gasteiger partial charge in [-0.3, -0.25) is 0 Å². The highest BCUT2D eigenvalue weighted by Gasteiger charge is 2.06. The van der Waals surface area contributed by atoms with E-state index in [4.69, 9.17) is 10.5 Å². The van der Waals surface area contributed by atoms with Crippen LogP contribution >= 0.6 is 11.3 Å². The number of fused-ring (bicyclic) bond motifs is 1. The van der Waals surface area contributed by atoms with E-state index in [2.05, 4.69) is 10.3 Å². The Hall–Kier alpha value is -3.15. The number of hydrogen-bond acceptors (Lipinski definition) is 5. The standard InChI is InChI=1S/C17H10N4S/c18-9-12(10-19)11-20-14-5-3-4-13(8-14)17-21-15-6-1-2-7-16(15)22-17/h1-8,11,20H. The first-order valence-corrected chi connectivity index (χ1v) is 7.35. The van der Waals surface area contributed by atoms with E-state index < -0.39 is 0 Å². The lowest BCUT2D eigenvalue weighted by Gasteiger charge is -2.02. The molecule has 3 rings (SSSR count). The summed E-state index contributed by atoms with van der Waals surface area (Å²) in [5.74, 6) is 0. The van der Waals surface area contributed by atoms with Crippen molar-refractivity contribution < 1.29 is 0 Å². The quantitative estimate of drug-likeness (QED) is 0.732. The number of nitrogens with zero attached hydrogens (tertiary/aromatic N) is 3. The number of thiazole rings is 1. The van der Waals surface area contributed by atoms with Gasteiger partial charge in [-0.05, 0) is 24.3 Å². The van der Waals surface area contributed by atoms with Crippen molar-refractivity contribution in [2.75, 3.05) is 5.32 Å². The Balaban J connectivity index is 1.93. The molecule has 0 aliphatic rings. The number of anilines is 1. The Morgan fingerprint density at radius 3 is 2.68 bits per heavy atom. The van der Waals surface area contributed by atoms with Crippen molar-refractivity contribution in [3.05, 3.63) is 60.3 Å². The summed E-state index contributed by atoms with van der Waals surface area (Å²) in [6, 6.07) is 19.4. The molecule has 2 aromatic carbocycles. The first kappa shape index (κ1) is 13.8. The first-order valence-electron chi connectivity index (χ1n) is 6.53. The average molecular weight is 302 g/mol. The molecule has 0 atom stereocenters. The van der Waals surface area contributed by atoms with Crippen molar-refractivity contribution in [1.29, 1.82) is 10.5 Å². The summed E-state index contributed by atoms with van der Waals surface area (Å²) in [4.78, 5) is 4.62. The molecule has 104 valence electrons. The molecular formula is C17H10N4S. The van der Waals surface area contributed by atoms with Gasteiger partial charge in [-0.25, -0.2) is 4.98 Å². The lowest BCUT2D eigenvalue weighted by molar-refractivity contribution is 1.44. The van der Waals surface area contributed by atoms with Crippen LogP contribution in [0.15, 0.2) is 60.3 Å². The Bertz CT molecular complexity index is 892. The predicted octanol–water partition coefficient (Wildman–Crippen LogP) is 4.31. The topological polar surface area (TPSA) is 72.5 Å². The zero-order valence-corrected chi connectivity index (χ0v) is 12.3. The SMILES string of the molecule is N#CC(C#N)=CNc1cccc(-c2nc3ccccc3s2)c1. The van der Waals surface area contributed by atoms with E-state index >= 15 is 0 Å². The van der Waals surface area contributed by atoms with Gasteiger partial charge in [0.1, 0.15) is 22.7 Å². The molecule has 5 heteroatoms. The van der Waals surface area contributed by atoms with Gasteiger partial charge in [0.2, 0.25) is 0 Å². The molecule has 0 unspecified atom stereocenters. The van der Waals surface area contributed by atoms with Crippen LogP contribution in [0.2, 0.25) is 0 Å². The Labute approximate surface area is 131 Å². The molecule has 0 amide bonds. The molecule has 0 fully saturated rings. The van der Waals surface area contributed by atoms with E-state index in [-0.39, 0.29) is 5.57 Å². The van der Waals surface area contributed by atoms with Crippen molar-refractivity contribution in [1.82, 2.24) is 4.98 Å². The van der Waals surface area contributed by atoms with Crippen LogP contribution in [0.5, 0.6) is 0 Å². The fraction of sp³-hybridized carbons (Fsp3) is 0. The van der Waals surface area contributed by atoms with Crippen molar-refractivity contribution >= 4 is 27.2 Å². The number of allylic oxidation sites excluding steroid dienone is 1. The summed E-state index contributed by atoms with van der Waals surface area (Å²) in [5, 5.41) is 21.4. The van der Waals surface area contributed by atoms with Crippen molar-refractivity contribution in [2.45, 2.75) is 0 Å². The minimum atomic E-state index is 0.0328. The number of nitriles is 2. The summed E-state index contributed by atoms with van der Waals surface area (Å²) < 4.78 is 1.15. The summed E-state index contributed by atoms with van der Waals surface area (Å²) in [6.45, 7) is 0. The molecular weight excluding hydrogens is 292 g/mol. The number of para-hydroxylation sites is 1. The van der Waals surface area contributed by atoms with Crippen LogP contribution in [0.1, 0.15) is 0 Å². The van der Waals surface area contributed by atoms with Crippen LogP contribution in [0, 0.1) is 22.7 Å².